The molecule has 8 heteroatoms. The van der Waals surface area contributed by atoms with E-state index in [1.807, 2.05) is 6.07 Å². The van der Waals surface area contributed by atoms with E-state index in [9.17, 15) is 14.4 Å². The number of hydrogen-bond acceptors (Lipinski definition) is 6. The third kappa shape index (κ3) is 4.10. The Balaban J connectivity index is 1.87. The van der Waals surface area contributed by atoms with Crippen LogP contribution in [0.3, 0.4) is 0 Å². The van der Waals surface area contributed by atoms with Crippen LogP contribution in [0.2, 0.25) is 0 Å². The van der Waals surface area contributed by atoms with E-state index < -0.39 is 17.5 Å². The third-order valence-corrected chi connectivity index (χ3v) is 4.19. The summed E-state index contributed by atoms with van der Waals surface area (Å²) in [6.45, 7) is 5.15. The smallest absolute Gasteiger partial charge is 0.344 e. The van der Waals surface area contributed by atoms with Crippen molar-refractivity contribution in [1.82, 2.24) is 15.1 Å². The zero-order valence-electron chi connectivity index (χ0n) is 15.9. The van der Waals surface area contributed by atoms with Gasteiger partial charge in [-0.15, -0.1) is 0 Å². The van der Waals surface area contributed by atoms with E-state index >= 15 is 0 Å². The van der Waals surface area contributed by atoms with Gasteiger partial charge >= 0.3 is 5.97 Å². The number of benzene rings is 1. The van der Waals surface area contributed by atoms with Crippen LogP contribution in [0.25, 0.3) is 10.9 Å². The Bertz CT molecular complexity index is 910. The molecule has 0 bridgehead atoms. The van der Waals surface area contributed by atoms with E-state index in [0.717, 1.165) is 5.39 Å². The number of rotatable bonds is 4. The van der Waals surface area contributed by atoms with Gasteiger partial charge in [0.25, 0.3) is 0 Å². The molecule has 1 unspecified atom stereocenters. The molecule has 1 atom stereocenters. The number of nitrogens with one attached hydrogen (secondary N) is 1. The van der Waals surface area contributed by atoms with Gasteiger partial charge in [0.2, 0.25) is 11.8 Å². The molecule has 27 heavy (non-hydrogen) atoms. The van der Waals surface area contributed by atoms with Crippen molar-refractivity contribution in [2.45, 2.75) is 45.1 Å². The molecule has 3 rings (SSSR count). The molecule has 2 aromatic rings. The molecule has 0 radical (unpaired) electrons. The molecule has 1 aliphatic rings. The number of para-hydroxylation sites is 1. The van der Waals surface area contributed by atoms with Crippen molar-refractivity contribution in [3.05, 3.63) is 23.9 Å². The predicted molar refractivity (Wildman–Crippen MR) is 97.2 cm³/mol. The normalized spacial score (nSPS) is 17.7. The van der Waals surface area contributed by atoms with Gasteiger partial charge in [0.15, 0.2) is 6.61 Å². The van der Waals surface area contributed by atoms with Gasteiger partial charge in [-0.05, 0) is 33.3 Å². The van der Waals surface area contributed by atoms with Crippen molar-refractivity contribution < 1.29 is 23.9 Å². The Morgan fingerprint density at radius 1 is 1.33 bits per heavy atom. The minimum Gasteiger partial charge on any atom is -0.480 e. The van der Waals surface area contributed by atoms with Gasteiger partial charge in [0, 0.05) is 18.9 Å². The Morgan fingerprint density at radius 2 is 2.07 bits per heavy atom. The fourth-order valence-electron chi connectivity index (χ4n) is 3.16. The van der Waals surface area contributed by atoms with Gasteiger partial charge in [-0.2, -0.15) is 5.10 Å². The Labute approximate surface area is 156 Å². The maximum atomic E-state index is 12.2. The molecular weight excluding hydrogens is 350 g/mol. The molecule has 0 aliphatic carbocycles. The third-order valence-electron chi connectivity index (χ3n) is 4.19. The molecule has 1 saturated heterocycles. The molecule has 0 saturated carbocycles. The van der Waals surface area contributed by atoms with E-state index in [2.05, 4.69) is 10.4 Å². The minimum absolute atomic E-state index is 0.227. The number of imide groups is 1. The molecule has 0 spiro atoms. The van der Waals surface area contributed by atoms with Crippen molar-refractivity contribution in [2.75, 3.05) is 6.61 Å². The molecule has 1 N–H and O–H groups in total. The van der Waals surface area contributed by atoms with Crippen LogP contribution in [0.4, 0.5) is 0 Å². The number of esters is 1. The van der Waals surface area contributed by atoms with E-state index in [4.69, 9.17) is 9.47 Å². The highest BCUT2D eigenvalue weighted by molar-refractivity contribution is 6.03. The number of carbonyl (C=O) groups is 3. The van der Waals surface area contributed by atoms with Crippen LogP contribution in [-0.2, 0) is 26.2 Å². The molecule has 8 nitrogen and oxygen atoms in total. The maximum Gasteiger partial charge on any atom is 0.344 e. The first-order valence-corrected chi connectivity index (χ1v) is 8.79. The number of carbonyl (C=O) groups excluding carboxylic acids is 3. The van der Waals surface area contributed by atoms with Crippen LogP contribution < -0.4 is 10.1 Å². The second-order valence-corrected chi connectivity index (χ2v) is 7.54. The van der Waals surface area contributed by atoms with Gasteiger partial charge in [-0.3, -0.25) is 19.6 Å². The number of aryl methyl sites for hydroxylation is 1. The number of fused-ring (bicyclic) bond motifs is 1. The first-order valence-electron chi connectivity index (χ1n) is 8.79. The van der Waals surface area contributed by atoms with Crippen LogP contribution in [0.1, 0.15) is 45.2 Å². The molecular formula is C19H23N3O5. The summed E-state index contributed by atoms with van der Waals surface area (Å²) in [6.07, 6.45) is 0.698. The first kappa shape index (κ1) is 18.9. The average molecular weight is 373 g/mol. The number of ether oxygens (including phenoxy) is 2. The standard InChI is InChI=1S/C19H23N3O5/c1-19(2,3)27-15(24)10-26-13-7-5-6-11-16(21-22(4)17(11)13)12-8-9-14(23)20-18(12)25/h5-7,12H,8-10H2,1-4H3,(H,20,23,25). The fraction of sp³-hybridized carbons (Fsp3) is 0.474. The van der Waals surface area contributed by atoms with E-state index in [0.29, 0.717) is 23.4 Å². The van der Waals surface area contributed by atoms with E-state index in [-0.39, 0.29) is 24.8 Å². The van der Waals surface area contributed by atoms with Crippen molar-refractivity contribution in [3.8, 4) is 5.75 Å². The summed E-state index contributed by atoms with van der Waals surface area (Å²) in [5.74, 6) is -1.09. The lowest BCUT2D eigenvalue weighted by molar-refractivity contribution is -0.157. The number of aromatic nitrogens is 2. The lowest BCUT2D eigenvalue weighted by Crippen LogP contribution is -2.39. The number of piperidine rings is 1. The van der Waals surface area contributed by atoms with E-state index in [1.165, 1.54) is 0 Å². The van der Waals surface area contributed by atoms with Gasteiger partial charge in [-0.1, -0.05) is 12.1 Å². The van der Waals surface area contributed by atoms with Gasteiger partial charge in [-0.25, -0.2) is 4.79 Å². The highest BCUT2D eigenvalue weighted by atomic mass is 16.6. The van der Waals surface area contributed by atoms with Gasteiger partial charge in [0.1, 0.15) is 16.9 Å². The van der Waals surface area contributed by atoms with Crippen LogP contribution >= 0.6 is 0 Å². The average Bonchev–Trinajstić information content (AvgIpc) is 2.89. The lowest BCUT2D eigenvalue weighted by atomic mass is 9.93. The molecule has 1 aromatic carbocycles. The number of hydrogen-bond donors (Lipinski definition) is 1. The second-order valence-electron chi connectivity index (χ2n) is 7.54. The lowest BCUT2D eigenvalue weighted by Gasteiger charge is -2.19. The van der Waals surface area contributed by atoms with Crippen LogP contribution in [0.15, 0.2) is 18.2 Å². The first-order chi connectivity index (χ1) is 12.7. The molecule has 1 aromatic heterocycles. The summed E-state index contributed by atoms with van der Waals surface area (Å²) in [4.78, 5) is 35.5. The van der Waals surface area contributed by atoms with Gasteiger partial charge in [0.05, 0.1) is 11.6 Å². The van der Waals surface area contributed by atoms with Crippen molar-refractivity contribution in [3.63, 3.8) is 0 Å². The van der Waals surface area contributed by atoms with Crippen LogP contribution in [0.5, 0.6) is 5.75 Å². The quantitative estimate of drug-likeness (QED) is 0.648. The van der Waals surface area contributed by atoms with Crippen LogP contribution in [-0.4, -0.2) is 39.8 Å². The largest absolute Gasteiger partial charge is 0.480 e. The Morgan fingerprint density at radius 3 is 2.74 bits per heavy atom. The molecule has 1 aliphatic heterocycles. The molecule has 2 heterocycles. The fourth-order valence-corrected chi connectivity index (χ4v) is 3.16. The monoisotopic (exact) mass is 373 g/mol. The summed E-state index contributed by atoms with van der Waals surface area (Å²) in [5.41, 5.74) is 0.693. The van der Waals surface area contributed by atoms with Crippen molar-refractivity contribution in [1.29, 1.82) is 0 Å². The summed E-state index contributed by atoms with van der Waals surface area (Å²) >= 11 is 0. The van der Waals surface area contributed by atoms with Gasteiger partial charge < -0.3 is 9.47 Å². The zero-order chi connectivity index (χ0) is 19.8. The number of nitrogens with zero attached hydrogens (tertiary/aromatic N) is 2. The summed E-state index contributed by atoms with van der Waals surface area (Å²) in [5, 5.41) is 7.60. The predicted octanol–water partition coefficient (Wildman–Crippen LogP) is 1.81. The zero-order valence-corrected chi connectivity index (χ0v) is 15.9. The molecule has 1 fully saturated rings. The van der Waals surface area contributed by atoms with Crippen LogP contribution in [0, 0.1) is 0 Å². The Kier molecular flexibility index (Phi) is 4.91. The second kappa shape index (κ2) is 7.02. The highest BCUT2D eigenvalue weighted by Crippen LogP contribution is 2.34. The minimum atomic E-state index is -0.585. The van der Waals surface area contributed by atoms with Crippen molar-refractivity contribution in [2.24, 2.45) is 7.05 Å². The number of amides is 2. The maximum absolute atomic E-state index is 12.2. The molecule has 144 valence electrons. The van der Waals surface area contributed by atoms with E-state index in [1.54, 1.807) is 44.6 Å². The molecule has 2 amide bonds. The summed E-state index contributed by atoms with van der Waals surface area (Å²) < 4.78 is 12.5. The topological polar surface area (TPSA) is 99.5 Å². The Hall–Kier alpha value is -2.90. The van der Waals surface area contributed by atoms with Crippen molar-refractivity contribution >= 4 is 28.7 Å². The summed E-state index contributed by atoms with van der Waals surface area (Å²) in [6, 6.07) is 5.37. The highest BCUT2D eigenvalue weighted by Gasteiger charge is 2.32. The summed E-state index contributed by atoms with van der Waals surface area (Å²) in [7, 11) is 1.75. The SMILES string of the molecule is Cn1nc(C2CCC(=O)NC2=O)c2cccc(OCC(=O)OC(C)(C)C)c21.